The van der Waals surface area contributed by atoms with Gasteiger partial charge in [-0.05, 0) is 29.7 Å². The molecule has 0 radical (unpaired) electrons. The lowest BCUT2D eigenvalue weighted by molar-refractivity contribution is -0.119. The van der Waals surface area contributed by atoms with Crippen molar-refractivity contribution in [3.8, 4) is 0 Å². The maximum atomic E-state index is 11.8. The Hall–Kier alpha value is -2.90. The molecular formula is C20H20ClN5O2. The van der Waals surface area contributed by atoms with Crippen LogP contribution in [0.5, 0.6) is 0 Å². The number of hydrogen-bond acceptors (Lipinski definition) is 5. The number of carbonyl (C=O) groups is 1. The summed E-state index contributed by atoms with van der Waals surface area (Å²) in [5, 5.41) is 11.3. The summed E-state index contributed by atoms with van der Waals surface area (Å²) >= 11 is 6.04. The van der Waals surface area contributed by atoms with Gasteiger partial charge in [0, 0.05) is 12.1 Å². The Morgan fingerprint density at radius 3 is 2.68 bits per heavy atom. The van der Waals surface area contributed by atoms with E-state index in [2.05, 4.69) is 32.8 Å². The monoisotopic (exact) mass is 397 g/mol. The van der Waals surface area contributed by atoms with Gasteiger partial charge in [-0.1, -0.05) is 54.1 Å². The number of fused-ring (bicyclic) bond motifs is 1. The lowest BCUT2D eigenvalue weighted by Gasteiger charge is -2.31. The van der Waals surface area contributed by atoms with Crippen LogP contribution in [-0.4, -0.2) is 34.4 Å². The second-order valence-electron chi connectivity index (χ2n) is 6.60. The van der Waals surface area contributed by atoms with E-state index in [0.717, 1.165) is 17.5 Å². The molecule has 0 spiro atoms. The van der Waals surface area contributed by atoms with Crippen LogP contribution in [0.1, 0.15) is 29.6 Å². The van der Waals surface area contributed by atoms with Gasteiger partial charge in [0.15, 0.2) is 0 Å². The minimum Gasteiger partial charge on any atom is -0.375 e. The fourth-order valence-corrected chi connectivity index (χ4v) is 3.51. The number of methoxy groups -OCH3 is 1. The van der Waals surface area contributed by atoms with Gasteiger partial charge in [-0.25, -0.2) is 4.68 Å². The molecule has 1 amide bonds. The summed E-state index contributed by atoms with van der Waals surface area (Å²) in [5.41, 5.74) is 2.24. The maximum absolute atomic E-state index is 11.8. The molecule has 7 nitrogen and oxygen atoms in total. The number of anilines is 2. The first kappa shape index (κ1) is 18.5. The molecule has 2 aromatic carbocycles. The van der Waals surface area contributed by atoms with Crippen LogP contribution in [0.2, 0.25) is 5.02 Å². The van der Waals surface area contributed by atoms with E-state index in [1.54, 1.807) is 0 Å². The molecule has 1 aromatic heterocycles. The predicted molar refractivity (Wildman–Crippen MR) is 108 cm³/mol. The molecule has 0 aliphatic carbocycles. The molecule has 1 aliphatic heterocycles. The first-order chi connectivity index (χ1) is 13.6. The summed E-state index contributed by atoms with van der Waals surface area (Å²) in [5.74, 6) is 0.561. The molecule has 4 rings (SSSR count). The van der Waals surface area contributed by atoms with E-state index in [1.807, 2.05) is 47.1 Å². The summed E-state index contributed by atoms with van der Waals surface area (Å²) < 4.78 is 6.68. The highest BCUT2D eigenvalue weighted by molar-refractivity contribution is 6.30. The minimum absolute atomic E-state index is 0.0151. The zero-order valence-electron chi connectivity index (χ0n) is 15.3. The van der Waals surface area contributed by atoms with Crippen LogP contribution >= 0.6 is 11.6 Å². The standard InChI is InChI=1S/C20H20ClN5O2/c1-28-12-18(27)23-19-24-20-22-16(13-7-9-15(21)10-8-13)11-17(26(20)25-19)14-5-3-2-4-6-14/h2-10,16-17H,11-12H2,1H3,(H2,22,23,24,25,27)/t16-,17-/m1/s1. The number of nitrogens with zero attached hydrogens (tertiary/aromatic N) is 3. The maximum Gasteiger partial charge on any atom is 0.252 e. The van der Waals surface area contributed by atoms with Gasteiger partial charge in [-0.2, -0.15) is 4.98 Å². The Labute approximate surface area is 167 Å². The highest BCUT2D eigenvalue weighted by Gasteiger charge is 2.31. The second-order valence-corrected chi connectivity index (χ2v) is 7.03. The third kappa shape index (κ3) is 3.85. The van der Waals surface area contributed by atoms with Crippen molar-refractivity contribution in [3.63, 3.8) is 0 Å². The van der Waals surface area contributed by atoms with Crippen molar-refractivity contribution >= 4 is 29.4 Å². The largest absolute Gasteiger partial charge is 0.375 e. The zero-order chi connectivity index (χ0) is 19.5. The van der Waals surface area contributed by atoms with Crippen LogP contribution < -0.4 is 10.6 Å². The van der Waals surface area contributed by atoms with E-state index in [1.165, 1.54) is 7.11 Å². The number of amides is 1. The molecule has 0 unspecified atom stereocenters. The Morgan fingerprint density at radius 1 is 1.21 bits per heavy atom. The molecule has 0 saturated heterocycles. The van der Waals surface area contributed by atoms with Crippen LogP contribution in [0.15, 0.2) is 54.6 Å². The Kier molecular flexibility index (Phi) is 5.27. The normalized spacial score (nSPS) is 18.2. The smallest absolute Gasteiger partial charge is 0.252 e. The number of rotatable bonds is 5. The Balaban J connectivity index is 1.68. The van der Waals surface area contributed by atoms with Crippen LogP contribution in [0.4, 0.5) is 11.9 Å². The van der Waals surface area contributed by atoms with Crippen molar-refractivity contribution in [1.82, 2.24) is 14.8 Å². The summed E-state index contributed by atoms with van der Waals surface area (Å²) in [6.07, 6.45) is 0.785. The highest BCUT2D eigenvalue weighted by atomic mass is 35.5. The van der Waals surface area contributed by atoms with Crippen molar-refractivity contribution in [2.75, 3.05) is 24.4 Å². The molecule has 1 aliphatic rings. The number of halogens is 1. The van der Waals surface area contributed by atoms with Gasteiger partial charge in [-0.15, -0.1) is 5.10 Å². The average Bonchev–Trinajstić information content (AvgIpc) is 3.10. The van der Waals surface area contributed by atoms with Crippen LogP contribution in [0.3, 0.4) is 0 Å². The molecule has 3 aromatic rings. The van der Waals surface area contributed by atoms with Crippen LogP contribution in [-0.2, 0) is 9.53 Å². The fraction of sp³-hybridized carbons (Fsp3) is 0.250. The predicted octanol–water partition coefficient (Wildman–Crippen LogP) is 3.66. The Morgan fingerprint density at radius 2 is 1.96 bits per heavy atom. The van der Waals surface area contributed by atoms with Crippen molar-refractivity contribution in [1.29, 1.82) is 0 Å². The lowest BCUT2D eigenvalue weighted by atomic mass is 9.93. The molecule has 2 atom stereocenters. The summed E-state index contributed by atoms with van der Waals surface area (Å²) in [4.78, 5) is 16.3. The second kappa shape index (κ2) is 8.00. The van der Waals surface area contributed by atoms with Gasteiger partial charge in [-0.3, -0.25) is 10.1 Å². The first-order valence-electron chi connectivity index (χ1n) is 8.96. The topological polar surface area (TPSA) is 81.1 Å². The summed E-state index contributed by atoms with van der Waals surface area (Å²) in [6, 6.07) is 18.0. The lowest BCUT2D eigenvalue weighted by Crippen LogP contribution is -2.28. The quantitative estimate of drug-likeness (QED) is 0.686. The number of hydrogen-bond donors (Lipinski definition) is 2. The molecule has 144 valence electrons. The van der Waals surface area contributed by atoms with Crippen molar-refractivity contribution in [2.24, 2.45) is 0 Å². The number of carbonyl (C=O) groups excluding carboxylic acids is 1. The molecule has 2 N–H and O–H groups in total. The first-order valence-corrected chi connectivity index (χ1v) is 9.34. The Bertz CT molecular complexity index is 958. The molecule has 0 saturated carbocycles. The van der Waals surface area contributed by atoms with Gasteiger partial charge in [0.1, 0.15) is 6.61 Å². The number of nitrogens with one attached hydrogen (secondary N) is 2. The summed E-state index contributed by atoms with van der Waals surface area (Å²) in [7, 11) is 1.47. The molecule has 0 bridgehead atoms. The van der Waals surface area contributed by atoms with Gasteiger partial charge in [0.2, 0.25) is 5.95 Å². The molecule has 0 fully saturated rings. The van der Waals surface area contributed by atoms with E-state index < -0.39 is 0 Å². The molecule has 8 heteroatoms. The minimum atomic E-state index is -0.295. The van der Waals surface area contributed by atoms with E-state index in [4.69, 9.17) is 16.3 Å². The third-order valence-electron chi connectivity index (χ3n) is 4.67. The summed E-state index contributed by atoms with van der Waals surface area (Å²) in [6.45, 7) is -0.0488. The van der Waals surface area contributed by atoms with E-state index in [0.29, 0.717) is 11.0 Å². The zero-order valence-corrected chi connectivity index (χ0v) is 16.1. The van der Waals surface area contributed by atoms with Crippen molar-refractivity contribution in [2.45, 2.75) is 18.5 Å². The number of aromatic nitrogens is 3. The van der Waals surface area contributed by atoms with Gasteiger partial charge in [0.05, 0.1) is 12.1 Å². The van der Waals surface area contributed by atoms with E-state index >= 15 is 0 Å². The fourth-order valence-electron chi connectivity index (χ4n) is 3.39. The third-order valence-corrected chi connectivity index (χ3v) is 4.92. The van der Waals surface area contributed by atoms with Crippen LogP contribution in [0, 0.1) is 0 Å². The average molecular weight is 398 g/mol. The van der Waals surface area contributed by atoms with E-state index in [-0.39, 0.29) is 30.5 Å². The molecular weight excluding hydrogens is 378 g/mol. The van der Waals surface area contributed by atoms with Crippen LogP contribution in [0.25, 0.3) is 0 Å². The van der Waals surface area contributed by atoms with Crippen molar-refractivity contribution in [3.05, 3.63) is 70.7 Å². The van der Waals surface area contributed by atoms with Gasteiger partial charge >= 0.3 is 0 Å². The molecule has 2 heterocycles. The van der Waals surface area contributed by atoms with Crippen molar-refractivity contribution < 1.29 is 9.53 Å². The number of ether oxygens (including phenoxy) is 1. The van der Waals surface area contributed by atoms with Gasteiger partial charge in [0.25, 0.3) is 11.9 Å². The van der Waals surface area contributed by atoms with E-state index in [9.17, 15) is 4.79 Å². The van der Waals surface area contributed by atoms with Gasteiger partial charge < -0.3 is 10.1 Å². The SMILES string of the molecule is COCC(=O)Nc1nc2n(n1)[C@@H](c1ccccc1)C[C@H](c1ccc(Cl)cc1)N2. The number of benzene rings is 2. The highest BCUT2D eigenvalue weighted by Crippen LogP contribution is 2.38. The molecule has 28 heavy (non-hydrogen) atoms.